The highest BCUT2D eigenvalue weighted by atomic mass is 32.1. The SMILES string of the molecule is CCC(=O)Nc1nc(C)nc(NC(CC)CCc2sc(C)cc2C)n1. The lowest BCUT2D eigenvalue weighted by atomic mass is 10.1. The van der Waals surface area contributed by atoms with E-state index in [-0.39, 0.29) is 11.9 Å². The van der Waals surface area contributed by atoms with E-state index < -0.39 is 0 Å². The highest BCUT2D eigenvalue weighted by Crippen LogP contribution is 2.23. The Morgan fingerprint density at radius 1 is 1.16 bits per heavy atom. The van der Waals surface area contributed by atoms with E-state index in [2.05, 4.69) is 52.4 Å². The van der Waals surface area contributed by atoms with Crippen LogP contribution < -0.4 is 10.6 Å². The summed E-state index contributed by atoms with van der Waals surface area (Å²) in [6.45, 7) is 10.1. The number of rotatable bonds is 8. The summed E-state index contributed by atoms with van der Waals surface area (Å²) in [4.78, 5) is 27.2. The molecule has 2 rings (SSSR count). The van der Waals surface area contributed by atoms with E-state index >= 15 is 0 Å². The van der Waals surface area contributed by atoms with Crippen molar-refractivity contribution in [2.75, 3.05) is 10.6 Å². The quantitative estimate of drug-likeness (QED) is 0.742. The average molecular weight is 362 g/mol. The zero-order valence-corrected chi connectivity index (χ0v) is 16.5. The van der Waals surface area contributed by atoms with Crippen molar-refractivity contribution in [1.29, 1.82) is 0 Å². The zero-order valence-electron chi connectivity index (χ0n) is 15.6. The molecular weight excluding hydrogens is 334 g/mol. The van der Waals surface area contributed by atoms with Gasteiger partial charge in [0.2, 0.25) is 17.8 Å². The predicted molar refractivity (Wildman–Crippen MR) is 103 cm³/mol. The molecule has 7 heteroatoms. The molecule has 0 saturated carbocycles. The lowest BCUT2D eigenvalue weighted by Crippen LogP contribution is -2.22. The van der Waals surface area contributed by atoms with Crippen molar-refractivity contribution in [3.05, 3.63) is 27.2 Å². The third-order valence-electron chi connectivity index (χ3n) is 4.01. The molecule has 1 unspecified atom stereocenters. The van der Waals surface area contributed by atoms with E-state index in [0.717, 1.165) is 19.3 Å². The van der Waals surface area contributed by atoms with Gasteiger partial charge in [0, 0.05) is 22.2 Å². The summed E-state index contributed by atoms with van der Waals surface area (Å²) in [6.07, 6.45) is 3.42. The zero-order chi connectivity index (χ0) is 18.4. The second-order valence-corrected chi connectivity index (χ2v) is 7.52. The Labute approximate surface area is 153 Å². The van der Waals surface area contributed by atoms with Gasteiger partial charge >= 0.3 is 0 Å². The third kappa shape index (κ3) is 5.77. The average Bonchev–Trinajstić information content (AvgIpc) is 2.88. The first kappa shape index (κ1) is 19.3. The summed E-state index contributed by atoms with van der Waals surface area (Å²) >= 11 is 1.87. The summed E-state index contributed by atoms with van der Waals surface area (Å²) in [7, 11) is 0. The number of nitrogens with zero attached hydrogens (tertiary/aromatic N) is 3. The van der Waals surface area contributed by atoms with E-state index in [0.29, 0.717) is 24.1 Å². The molecule has 2 N–H and O–H groups in total. The van der Waals surface area contributed by atoms with Gasteiger partial charge in [-0.1, -0.05) is 13.8 Å². The number of anilines is 2. The van der Waals surface area contributed by atoms with Crippen molar-refractivity contribution >= 4 is 29.1 Å². The van der Waals surface area contributed by atoms with Crippen molar-refractivity contribution in [2.45, 2.75) is 66.3 Å². The van der Waals surface area contributed by atoms with Crippen LogP contribution in [0.15, 0.2) is 6.07 Å². The highest BCUT2D eigenvalue weighted by molar-refractivity contribution is 7.12. The van der Waals surface area contributed by atoms with E-state index in [9.17, 15) is 4.79 Å². The van der Waals surface area contributed by atoms with Gasteiger partial charge in [-0.2, -0.15) is 15.0 Å². The van der Waals surface area contributed by atoms with Crippen molar-refractivity contribution in [1.82, 2.24) is 15.0 Å². The molecule has 0 aromatic carbocycles. The molecule has 0 radical (unpaired) electrons. The Morgan fingerprint density at radius 2 is 1.88 bits per heavy atom. The van der Waals surface area contributed by atoms with Crippen LogP contribution in [0.5, 0.6) is 0 Å². The maximum atomic E-state index is 11.5. The van der Waals surface area contributed by atoms with Gasteiger partial charge in [-0.15, -0.1) is 11.3 Å². The number of nitrogens with one attached hydrogen (secondary N) is 2. The van der Waals surface area contributed by atoms with Crippen LogP contribution >= 0.6 is 11.3 Å². The Morgan fingerprint density at radius 3 is 2.48 bits per heavy atom. The minimum Gasteiger partial charge on any atom is -0.351 e. The van der Waals surface area contributed by atoms with Crippen molar-refractivity contribution in [3.63, 3.8) is 0 Å². The first-order chi connectivity index (χ1) is 11.9. The topological polar surface area (TPSA) is 79.8 Å². The van der Waals surface area contributed by atoms with Gasteiger partial charge in [0.15, 0.2) is 0 Å². The number of hydrogen-bond donors (Lipinski definition) is 2. The van der Waals surface area contributed by atoms with Crippen molar-refractivity contribution in [2.24, 2.45) is 0 Å². The molecule has 1 amide bonds. The molecule has 2 aromatic rings. The van der Waals surface area contributed by atoms with Crippen molar-refractivity contribution < 1.29 is 4.79 Å². The smallest absolute Gasteiger partial charge is 0.234 e. The van der Waals surface area contributed by atoms with E-state index in [4.69, 9.17) is 0 Å². The first-order valence-corrected chi connectivity index (χ1v) is 9.57. The normalized spacial score (nSPS) is 12.0. The van der Waals surface area contributed by atoms with Gasteiger partial charge in [0.25, 0.3) is 0 Å². The van der Waals surface area contributed by atoms with Crippen LogP contribution in [0.2, 0.25) is 0 Å². The molecule has 2 heterocycles. The first-order valence-electron chi connectivity index (χ1n) is 8.76. The molecule has 136 valence electrons. The maximum Gasteiger partial charge on any atom is 0.234 e. The van der Waals surface area contributed by atoms with Gasteiger partial charge in [0.1, 0.15) is 5.82 Å². The predicted octanol–water partition coefficient (Wildman–Crippen LogP) is 4.03. The van der Waals surface area contributed by atoms with Gasteiger partial charge in [-0.25, -0.2) is 0 Å². The number of thiophene rings is 1. The fraction of sp³-hybridized carbons (Fsp3) is 0.556. The minimum absolute atomic E-state index is 0.105. The number of hydrogen-bond acceptors (Lipinski definition) is 6. The second-order valence-electron chi connectivity index (χ2n) is 6.18. The van der Waals surface area contributed by atoms with Gasteiger partial charge in [0.05, 0.1) is 0 Å². The number of amides is 1. The van der Waals surface area contributed by atoms with Crippen LogP contribution in [-0.4, -0.2) is 26.9 Å². The maximum absolute atomic E-state index is 11.5. The van der Waals surface area contributed by atoms with E-state index in [1.807, 2.05) is 11.3 Å². The largest absolute Gasteiger partial charge is 0.351 e. The standard InChI is InChI=1S/C18H27N5OS/c1-6-14(8-9-15-11(3)10-12(4)25-15)21-17-19-13(5)20-18(23-17)22-16(24)7-2/h10,14H,6-9H2,1-5H3,(H2,19,20,21,22,23,24). The molecule has 2 aromatic heterocycles. The molecule has 1 atom stereocenters. The summed E-state index contributed by atoms with van der Waals surface area (Å²) in [5.41, 5.74) is 1.37. The van der Waals surface area contributed by atoms with E-state index in [1.165, 1.54) is 15.3 Å². The number of carbonyl (C=O) groups excluding carboxylic acids is 1. The highest BCUT2D eigenvalue weighted by Gasteiger charge is 2.13. The molecule has 0 spiro atoms. The molecule has 0 bridgehead atoms. The Bertz CT molecular complexity index is 728. The Kier molecular flexibility index (Phi) is 6.87. The minimum atomic E-state index is -0.105. The lowest BCUT2D eigenvalue weighted by Gasteiger charge is -2.17. The van der Waals surface area contributed by atoms with Crippen molar-refractivity contribution in [3.8, 4) is 0 Å². The number of aromatic nitrogens is 3. The summed E-state index contributed by atoms with van der Waals surface area (Å²) in [5.74, 6) is 1.31. The number of carbonyl (C=O) groups is 1. The Balaban J connectivity index is 2.02. The molecule has 25 heavy (non-hydrogen) atoms. The summed E-state index contributed by atoms with van der Waals surface area (Å²) in [6, 6.07) is 2.52. The fourth-order valence-electron chi connectivity index (χ4n) is 2.62. The fourth-order valence-corrected chi connectivity index (χ4v) is 3.68. The van der Waals surface area contributed by atoms with Crippen LogP contribution in [0.4, 0.5) is 11.9 Å². The van der Waals surface area contributed by atoms with Crippen LogP contribution in [0.3, 0.4) is 0 Å². The lowest BCUT2D eigenvalue weighted by molar-refractivity contribution is -0.115. The van der Waals surface area contributed by atoms with Gasteiger partial charge in [-0.3, -0.25) is 10.1 Å². The molecule has 0 aliphatic rings. The van der Waals surface area contributed by atoms with Crippen LogP contribution in [0.25, 0.3) is 0 Å². The summed E-state index contributed by atoms with van der Waals surface area (Å²) < 4.78 is 0. The van der Waals surface area contributed by atoms with Crippen LogP contribution in [-0.2, 0) is 11.2 Å². The third-order valence-corrected chi connectivity index (χ3v) is 5.22. The molecule has 0 fully saturated rings. The molecular formula is C18H27N5OS. The molecule has 0 aliphatic heterocycles. The van der Waals surface area contributed by atoms with Gasteiger partial charge in [-0.05, 0) is 51.7 Å². The molecule has 0 saturated heterocycles. The monoisotopic (exact) mass is 361 g/mol. The Hall–Kier alpha value is -2.02. The number of aryl methyl sites for hydroxylation is 4. The van der Waals surface area contributed by atoms with Crippen LogP contribution in [0, 0.1) is 20.8 Å². The molecule has 6 nitrogen and oxygen atoms in total. The second kappa shape index (κ2) is 8.89. The van der Waals surface area contributed by atoms with E-state index in [1.54, 1.807) is 13.8 Å². The van der Waals surface area contributed by atoms with Gasteiger partial charge < -0.3 is 5.32 Å². The molecule has 0 aliphatic carbocycles. The summed E-state index contributed by atoms with van der Waals surface area (Å²) in [5, 5.41) is 6.08. The van der Waals surface area contributed by atoms with Crippen LogP contribution in [0.1, 0.15) is 54.3 Å².